The molecule has 2 rings (SSSR count). The van der Waals surface area contributed by atoms with Gasteiger partial charge in [0.25, 0.3) is 0 Å². The van der Waals surface area contributed by atoms with Crippen molar-refractivity contribution in [2.45, 2.75) is 12.4 Å². The Balaban J connectivity index is 2.13. The molecule has 1 saturated heterocycles. The highest BCUT2D eigenvalue weighted by Gasteiger charge is 2.36. The Labute approximate surface area is 118 Å². The van der Waals surface area contributed by atoms with E-state index in [2.05, 4.69) is 10.1 Å². The largest absolute Gasteiger partial charge is 0.522 e. The maximum Gasteiger partial charge on any atom is 0.522 e. The second-order valence-electron chi connectivity index (χ2n) is 4.41. The quantitative estimate of drug-likeness (QED) is 0.910. The van der Waals surface area contributed by atoms with Crippen LogP contribution in [-0.2, 0) is 14.3 Å². The second kappa shape index (κ2) is 6.13. The highest BCUT2D eigenvalue weighted by atomic mass is 19.4. The van der Waals surface area contributed by atoms with Crippen LogP contribution in [0.3, 0.4) is 0 Å². The molecule has 1 aromatic rings. The molecule has 2 amide bonds. The molecular formula is C13H13F3N2O3. The van der Waals surface area contributed by atoms with Crippen LogP contribution in [0, 0.1) is 0 Å². The molecule has 114 valence electrons. The van der Waals surface area contributed by atoms with Gasteiger partial charge in [0.05, 0.1) is 13.2 Å². The number of ether oxygens (including phenoxy) is 1. The number of alkyl halides is 3. The maximum absolute atomic E-state index is 12.0. The third-order valence-electron chi connectivity index (χ3n) is 3.01. The molecule has 0 aliphatic carbocycles. The molecule has 0 aromatic heterocycles. The summed E-state index contributed by atoms with van der Waals surface area (Å²) in [6, 6.07) is 7.45. The summed E-state index contributed by atoms with van der Waals surface area (Å²) >= 11 is 0. The molecule has 1 aliphatic heterocycles. The Morgan fingerprint density at radius 2 is 1.90 bits per heavy atom. The van der Waals surface area contributed by atoms with Crippen LogP contribution in [0.2, 0.25) is 0 Å². The average Bonchev–Trinajstić information content (AvgIpc) is 2.42. The molecular weight excluding hydrogens is 289 g/mol. The van der Waals surface area contributed by atoms with Crippen molar-refractivity contribution in [2.24, 2.45) is 0 Å². The number of hydrogen-bond acceptors (Lipinski definition) is 3. The summed E-state index contributed by atoms with van der Waals surface area (Å²) in [6.45, 7) is -1.26. The van der Waals surface area contributed by atoms with Crippen LogP contribution in [0.4, 0.5) is 13.2 Å². The van der Waals surface area contributed by atoms with Crippen LogP contribution in [0.5, 0.6) is 0 Å². The minimum atomic E-state index is -4.76. The van der Waals surface area contributed by atoms with Crippen molar-refractivity contribution in [2.75, 3.05) is 19.7 Å². The summed E-state index contributed by atoms with van der Waals surface area (Å²) in [5.74, 6) is -0.873. The first-order chi connectivity index (χ1) is 9.88. The third kappa shape index (κ3) is 3.94. The van der Waals surface area contributed by atoms with Gasteiger partial charge in [-0.2, -0.15) is 0 Å². The van der Waals surface area contributed by atoms with Crippen molar-refractivity contribution in [3.63, 3.8) is 0 Å². The van der Waals surface area contributed by atoms with Gasteiger partial charge in [-0.3, -0.25) is 14.3 Å². The third-order valence-corrected chi connectivity index (χ3v) is 3.01. The molecule has 5 nitrogen and oxygen atoms in total. The topological polar surface area (TPSA) is 58.6 Å². The number of piperazine rings is 1. The Kier molecular flexibility index (Phi) is 4.46. The first-order valence-corrected chi connectivity index (χ1v) is 6.21. The van der Waals surface area contributed by atoms with Crippen LogP contribution in [0.1, 0.15) is 11.6 Å². The predicted octanol–water partition coefficient (Wildman–Crippen LogP) is 1.22. The van der Waals surface area contributed by atoms with E-state index in [1.807, 2.05) is 0 Å². The summed E-state index contributed by atoms with van der Waals surface area (Å²) < 4.78 is 39.7. The van der Waals surface area contributed by atoms with Crippen LogP contribution >= 0.6 is 0 Å². The van der Waals surface area contributed by atoms with E-state index >= 15 is 0 Å². The van der Waals surface area contributed by atoms with E-state index in [9.17, 15) is 22.8 Å². The molecule has 0 spiro atoms. The summed E-state index contributed by atoms with van der Waals surface area (Å²) in [5, 5.41) is 2.42. The number of nitrogens with zero attached hydrogens (tertiary/aromatic N) is 1. The van der Waals surface area contributed by atoms with Crippen molar-refractivity contribution in [1.29, 1.82) is 0 Å². The van der Waals surface area contributed by atoms with Gasteiger partial charge in [0.1, 0.15) is 6.04 Å². The monoisotopic (exact) mass is 302 g/mol. The maximum atomic E-state index is 12.0. The zero-order valence-corrected chi connectivity index (χ0v) is 10.9. The lowest BCUT2D eigenvalue weighted by Crippen LogP contribution is -2.54. The highest BCUT2D eigenvalue weighted by molar-refractivity contribution is 5.95. The predicted molar refractivity (Wildman–Crippen MR) is 65.9 cm³/mol. The molecule has 0 saturated carbocycles. The number of benzene rings is 1. The normalized spacial score (nSPS) is 19.6. The van der Waals surface area contributed by atoms with Crippen molar-refractivity contribution < 1.29 is 27.5 Å². The van der Waals surface area contributed by atoms with Gasteiger partial charge < -0.3 is 10.2 Å². The smallest absolute Gasteiger partial charge is 0.345 e. The summed E-state index contributed by atoms with van der Waals surface area (Å²) in [4.78, 5) is 24.9. The van der Waals surface area contributed by atoms with E-state index in [-0.39, 0.29) is 13.1 Å². The number of halogens is 3. The molecule has 0 radical (unpaired) electrons. The number of rotatable bonds is 4. The minimum Gasteiger partial charge on any atom is -0.345 e. The van der Waals surface area contributed by atoms with Crippen LogP contribution in [0.25, 0.3) is 0 Å². The molecule has 1 atom stereocenters. The SMILES string of the molecule is O=C1NCC(=O)N(CCOC(F)(F)F)C1c1ccccc1. The van der Waals surface area contributed by atoms with Gasteiger partial charge in [-0.15, -0.1) is 13.2 Å². The van der Waals surface area contributed by atoms with Gasteiger partial charge in [0.2, 0.25) is 11.8 Å². The van der Waals surface area contributed by atoms with Gasteiger partial charge in [-0.1, -0.05) is 30.3 Å². The summed E-state index contributed by atoms with van der Waals surface area (Å²) in [6.07, 6.45) is -4.76. The number of carbonyl (C=O) groups excluding carboxylic acids is 2. The molecule has 1 aromatic carbocycles. The fourth-order valence-electron chi connectivity index (χ4n) is 2.13. The lowest BCUT2D eigenvalue weighted by atomic mass is 10.0. The second-order valence-corrected chi connectivity index (χ2v) is 4.41. The molecule has 1 N–H and O–H groups in total. The van der Waals surface area contributed by atoms with Gasteiger partial charge in [0.15, 0.2) is 0 Å². The van der Waals surface area contributed by atoms with Crippen molar-refractivity contribution in [1.82, 2.24) is 10.2 Å². The number of amides is 2. The van der Waals surface area contributed by atoms with E-state index in [4.69, 9.17) is 0 Å². The average molecular weight is 302 g/mol. The fraction of sp³-hybridized carbons (Fsp3) is 0.385. The Hall–Kier alpha value is -2.09. The van der Waals surface area contributed by atoms with E-state index < -0.39 is 30.8 Å². The van der Waals surface area contributed by atoms with E-state index in [0.717, 1.165) is 4.90 Å². The zero-order valence-electron chi connectivity index (χ0n) is 10.9. The Morgan fingerprint density at radius 3 is 2.52 bits per heavy atom. The number of carbonyl (C=O) groups is 2. The molecule has 1 unspecified atom stereocenters. The van der Waals surface area contributed by atoms with Gasteiger partial charge in [-0.05, 0) is 5.56 Å². The number of nitrogens with one attached hydrogen (secondary N) is 1. The lowest BCUT2D eigenvalue weighted by molar-refractivity contribution is -0.325. The first-order valence-electron chi connectivity index (χ1n) is 6.21. The van der Waals surface area contributed by atoms with E-state index in [0.29, 0.717) is 5.56 Å². The van der Waals surface area contributed by atoms with Gasteiger partial charge in [0, 0.05) is 6.54 Å². The van der Waals surface area contributed by atoms with Crippen LogP contribution < -0.4 is 5.32 Å². The molecule has 1 fully saturated rings. The molecule has 8 heteroatoms. The lowest BCUT2D eigenvalue weighted by Gasteiger charge is -2.35. The summed E-state index contributed by atoms with van der Waals surface area (Å²) in [7, 11) is 0. The molecule has 1 heterocycles. The van der Waals surface area contributed by atoms with Crippen molar-refractivity contribution in [3.8, 4) is 0 Å². The van der Waals surface area contributed by atoms with Crippen molar-refractivity contribution >= 4 is 11.8 Å². The fourth-order valence-corrected chi connectivity index (χ4v) is 2.13. The molecule has 0 bridgehead atoms. The Morgan fingerprint density at radius 1 is 1.24 bits per heavy atom. The molecule has 1 aliphatic rings. The van der Waals surface area contributed by atoms with E-state index in [1.165, 1.54) is 0 Å². The van der Waals surface area contributed by atoms with Crippen LogP contribution in [0.15, 0.2) is 30.3 Å². The van der Waals surface area contributed by atoms with Gasteiger partial charge in [-0.25, -0.2) is 0 Å². The summed E-state index contributed by atoms with van der Waals surface area (Å²) in [5.41, 5.74) is 0.537. The Bertz CT molecular complexity index is 519. The number of hydrogen-bond donors (Lipinski definition) is 1. The highest BCUT2D eigenvalue weighted by Crippen LogP contribution is 2.24. The zero-order chi connectivity index (χ0) is 15.5. The standard InChI is InChI=1S/C13H13F3N2O3/c14-13(15,16)21-7-6-18-10(19)8-17-12(20)11(18)9-4-2-1-3-5-9/h1-5,11H,6-8H2,(H,17,20). The van der Waals surface area contributed by atoms with Gasteiger partial charge >= 0.3 is 6.36 Å². The van der Waals surface area contributed by atoms with Crippen LogP contribution in [-0.4, -0.2) is 42.8 Å². The first kappa shape index (κ1) is 15.3. The molecule has 21 heavy (non-hydrogen) atoms. The van der Waals surface area contributed by atoms with E-state index in [1.54, 1.807) is 30.3 Å². The minimum absolute atomic E-state index is 0.228. The van der Waals surface area contributed by atoms with Crippen molar-refractivity contribution in [3.05, 3.63) is 35.9 Å².